The molecule has 0 radical (unpaired) electrons. The van der Waals surface area contributed by atoms with Gasteiger partial charge in [-0.1, -0.05) is 48.0 Å². The Hall–Kier alpha value is -1.57. The molecule has 2 atom stereocenters. The molecule has 2 heteroatoms. The zero-order valence-electron chi connectivity index (χ0n) is 9.88. The van der Waals surface area contributed by atoms with Gasteiger partial charge in [-0.15, -0.1) is 0 Å². The Balaban J connectivity index is 1.69. The molecule has 1 aliphatic heterocycles. The summed E-state index contributed by atoms with van der Waals surface area (Å²) in [7, 11) is 0. The molecule has 2 aliphatic rings. The van der Waals surface area contributed by atoms with Crippen molar-refractivity contribution in [3.63, 3.8) is 0 Å². The van der Waals surface area contributed by atoms with Crippen LogP contribution in [0.3, 0.4) is 0 Å². The maximum atomic E-state index is 5.52. The SMILES string of the molecule is C(=C\C1ON=C2CCCCC21)/c1ccccc1. The highest BCUT2D eigenvalue weighted by Crippen LogP contribution is 2.31. The lowest BCUT2D eigenvalue weighted by Gasteiger charge is -2.19. The first kappa shape index (κ1) is 10.6. The van der Waals surface area contributed by atoms with Crippen LogP contribution in [0, 0.1) is 5.92 Å². The van der Waals surface area contributed by atoms with Crippen molar-refractivity contribution in [2.45, 2.75) is 31.8 Å². The molecular formula is C15H17NO. The van der Waals surface area contributed by atoms with Gasteiger partial charge >= 0.3 is 0 Å². The van der Waals surface area contributed by atoms with E-state index in [1.807, 2.05) is 6.07 Å². The molecule has 0 aromatic heterocycles. The molecule has 1 fully saturated rings. The van der Waals surface area contributed by atoms with Gasteiger partial charge in [0.05, 0.1) is 5.71 Å². The monoisotopic (exact) mass is 227 g/mol. The van der Waals surface area contributed by atoms with Crippen molar-refractivity contribution in [3.05, 3.63) is 42.0 Å². The van der Waals surface area contributed by atoms with Crippen LogP contribution in [0.1, 0.15) is 31.2 Å². The average Bonchev–Trinajstić information content (AvgIpc) is 2.81. The van der Waals surface area contributed by atoms with Gasteiger partial charge in [0, 0.05) is 5.92 Å². The lowest BCUT2D eigenvalue weighted by molar-refractivity contribution is 0.0950. The van der Waals surface area contributed by atoms with Gasteiger partial charge in [0.25, 0.3) is 0 Å². The second-order valence-corrected chi connectivity index (χ2v) is 4.77. The maximum Gasteiger partial charge on any atom is 0.154 e. The molecule has 0 saturated heterocycles. The summed E-state index contributed by atoms with van der Waals surface area (Å²) in [5, 5.41) is 4.22. The molecule has 17 heavy (non-hydrogen) atoms. The van der Waals surface area contributed by atoms with Gasteiger partial charge in [0.2, 0.25) is 0 Å². The maximum absolute atomic E-state index is 5.52. The zero-order valence-corrected chi connectivity index (χ0v) is 9.88. The van der Waals surface area contributed by atoms with Crippen LogP contribution in [-0.2, 0) is 4.84 Å². The first-order valence-corrected chi connectivity index (χ1v) is 6.39. The van der Waals surface area contributed by atoms with E-state index in [-0.39, 0.29) is 6.10 Å². The summed E-state index contributed by atoms with van der Waals surface area (Å²) in [6, 6.07) is 10.4. The fourth-order valence-electron chi connectivity index (χ4n) is 2.63. The first-order valence-electron chi connectivity index (χ1n) is 6.39. The lowest BCUT2D eigenvalue weighted by Crippen LogP contribution is -2.24. The Kier molecular flexibility index (Phi) is 2.95. The minimum absolute atomic E-state index is 0.158. The molecule has 1 saturated carbocycles. The standard InChI is InChI=1S/C15H17NO/c1-2-6-12(7-3-1)10-11-15-13-8-4-5-9-14(13)16-17-15/h1-3,6-7,10-11,13,15H,4-5,8-9H2/b11-10+. The molecule has 3 rings (SSSR count). The number of oxime groups is 1. The van der Waals surface area contributed by atoms with Crippen molar-refractivity contribution in [2.75, 3.05) is 0 Å². The van der Waals surface area contributed by atoms with Gasteiger partial charge in [-0.2, -0.15) is 0 Å². The van der Waals surface area contributed by atoms with Crippen LogP contribution >= 0.6 is 0 Å². The highest BCUT2D eigenvalue weighted by atomic mass is 16.6. The van der Waals surface area contributed by atoms with Crippen molar-refractivity contribution in [1.29, 1.82) is 0 Å². The third kappa shape index (κ3) is 2.26. The number of benzene rings is 1. The fraction of sp³-hybridized carbons (Fsp3) is 0.400. The van der Waals surface area contributed by atoms with Crippen LogP contribution < -0.4 is 0 Å². The molecule has 2 nitrogen and oxygen atoms in total. The number of nitrogens with zero attached hydrogens (tertiary/aromatic N) is 1. The number of hydrogen-bond acceptors (Lipinski definition) is 2. The summed E-state index contributed by atoms with van der Waals surface area (Å²) in [5.74, 6) is 0.531. The Labute approximate surface area is 102 Å². The summed E-state index contributed by atoms with van der Waals surface area (Å²) in [6.45, 7) is 0. The van der Waals surface area contributed by atoms with Crippen molar-refractivity contribution in [2.24, 2.45) is 11.1 Å². The smallest absolute Gasteiger partial charge is 0.154 e. The Morgan fingerprint density at radius 2 is 2.06 bits per heavy atom. The molecule has 1 aliphatic carbocycles. The Morgan fingerprint density at radius 1 is 1.18 bits per heavy atom. The summed E-state index contributed by atoms with van der Waals surface area (Å²) in [4.78, 5) is 5.52. The van der Waals surface area contributed by atoms with E-state index in [2.05, 4.69) is 41.6 Å². The largest absolute Gasteiger partial charge is 0.388 e. The van der Waals surface area contributed by atoms with E-state index in [0.717, 1.165) is 6.42 Å². The van der Waals surface area contributed by atoms with E-state index < -0.39 is 0 Å². The number of rotatable bonds is 2. The summed E-state index contributed by atoms with van der Waals surface area (Å²) in [6.07, 6.45) is 9.38. The quantitative estimate of drug-likeness (QED) is 0.755. The highest BCUT2D eigenvalue weighted by molar-refractivity contribution is 5.88. The minimum atomic E-state index is 0.158. The third-order valence-electron chi connectivity index (χ3n) is 3.59. The van der Waals surface area contributed by atoms with Gasteiger partial charge in [-0.3, -0.25) is 0 Å². The fourth-order valence-corrected chi connectivity index (χ4v) is 2.63. The molecular weight excluding hydrogens is 210 g/mol. The second-order valence-electron chi connectivity index (χ2n) is 4.77. The molecule has 1 aromatic carbocycles. The van der Waals surface area contributed by atoms with Gasteiger partial charge in [-0.05, 0) is 30.9 Å². The minimum Gasteiger partial charge on any atom is -0.388 e. The topological polar surface area (TPSA) is 21.6 Å². The van der Waals surface area contributed by atoms with E-state index in [1.54, 1.807) is 0 Å². The van der Waals surface area contributed by atoms with Gasteiger partial charge < -0.3 is 4.84 Å². The Bertz CT molecular complexity index is 435. The van der Waals surface area contributed by atoms with Crippen molar-refractivity contribution in [1.82, 2.24) is 0 Å². The molecule has 1 aromatic rings. The van der Waals surface area contributed by atoms with Gasteiger partial charge in [0.15, 0.2) is 6.10 Å². The molecule has 0 spiro atoms. The average molecular weight is 227 g/mol. The molecule has 0 amide bonds. The van der Waals surface area contributed by atoms with Crippen LogP contribution in [0.2, 0.25) is 0 Å². The van der Waals surface area contributed by atoms with Crippen LogP contribution in [0.15, 0.2) is 41.6 Å². The van der Waals surface area contributed by atoms with Gasteiger partial charge in [0.1, 0.15) is 0 Å². The van der Waals surface area contributed by atoms with Crippen LogP contribution in [0.5, 0.6) is 0 Å². The molecule has 0 N–H and O–H groups in total. The van der Waals surface area contributed by atoms with E-state index in [9.17, 15) is 0 Å². The summed E-state index contributed by atoms with van der Waals surface area (Å²) < 4.78 is 0. The van der Waals surface area contributed by atoms with Crippen molar-refractivity contribution in [3.8, 4) is 0 Å². The zero-order chi connectivity index (χ0) is 11.5. The normalized spacial score (nSPS) is 27.6. The predicted molar refractivity (Wildman–Crippen MR) is 69.7 cm³/mol. The van der Waals surface area contributed by atoms with Gasteiger partial charge in [-0.25, -0.2) is 0 Å². The van der Waals surface area contributed by atoms with Crippen molar-refractivity contribution >= 4 is 11.8 Å². The van der Waals surface area contributed by atoms with E-state index >= 15 is 0 Å². The molecule has 88 valence electrons. The van der Waals surface area contributed by atoms with E-state index in [1.165, 1.54) is 30.5 Å². The van der Waals surface area contributed by atoms with Crippen LogP contribution in [0.4, 0.5) is 0 Å². The molecule has 1 heterocycles. The first-order chi connectivity index (χ1) is 8.43. The summed E-state index contributed by atoms with van der Waals surface area (Å²) in [5.41, 5.74) is 2.50. The molecule has 2 unspecified atom stereocenters. The highest BCUT2D eigenvalue weighted by Gasteiger charge is 2.33. The van der Waals surface area contributed by atoms with Crippen LogP contribution in [-0.4, -0.2) is 11.8 Å². The second kappa shape index (κ2) is 4.74. The van der Waals surface area contributed by atoms with E-state index in [0.29, 0.717) is 5.92 Å². The predicted octanol–water partition coefficient (Wildman–Crippen LogP) is 3.64. The number of hydrogen-bond donors (Lipinski definition) is 0. The summed E-state index contributed by atoms with van der Waals surface area (Å²) >= 11 is 0. The number of fused-ring (bicyclic) bond motifs is 1. The Morgan fingerprint density at radius 3 is 2.94 bits per heavy atom. The lowest BCUT2D eigenvalue weighted by atomic mass is 9.84. The molecule has 0 bridgehead atoms. The van der Waals surface area contributed by atoms with E-state index in [4.69, 9.17) is 4.84 Å². The third-order valence-corrected chi connectivity index (χ3v) is 3.59. The van der Waals surface area contributed by atoms with Crippen LogP contribution in [0.25, 0.3) is 6.08 Å². The van der Waals surface area contributed by atoms with Crippen molar-refractivity contribution < 1.29 is 4.84 Å².